The minimum atomic E-state index is 0.0258. The van der Waals surface area contributed by atoms with E-state index >= 15 is 0 Å². The van der Waals surface area contributed by atoms with Crippen molar-refractivity contribution in [3.05, 3.63) is 24.3 Å². The first kappa shape index (κ1) is 11.9. The van der Waals surface area contributed by atoms with Crippen LogP contribution >= 0.6 is 12.2 Å². The van der Waals surface area contributed by atoms with Gasteiger partial charge in [-0.25, -0.2) is 0 Å². The standard InChI is InChI=1S/C12H14N2O2S/c1-2-16-10-5-3-9(4-6-10)14-11(15)7-8-13-12(14)17/h3-6H,2,7-8H2,1H3,(H,13,17). The number of ether oxygens (including phenoxy) is 1. The van der Waals surface area contributed by atoms with E-state index in [-0.39, 0.29) is 5.91 Å². The van der Waals surface area contributed by atoms with Gasteiger partial charge in [-0.15, -0.1) is 0 Å². The van der Waals surface area contributed by atoms with Crippen molar-refractivity contribution in [1.82, 2.24) is 5.32 Å². The zero-order chi connectivity index (χ0) is 12.3. The molecule has 5 heteroatoms. The molecule has 1 aromatic rings. The number of benzene rings is 1. The number of hydrogen-bond acceptors (Lipinski definition) is 3. The molecule has 0 spiro atoms. The van der Waals surface area contributed by atoms with Gasteiger partial charge in [-0.3, -0.25) is 9.69 Å². The largest absolute Gasteiger partial charge is 0.494 e. The molecule has 0 unspecified atom stereocenters. The van der Waals surface area contributed by atoms with Gasteiger partial charge in [0.25, 0.3) is 0 Å². The third-order valence-corrected chi connectivity index (χ3v) is 2.80. The molecule has 1 fully saturated rings. The van der Waals surface area contributed by atoms with Gasteiger partial charge >= 0.3 is 0 Å². The molecule has 0 bridgehead atoms. The van der Waals surface area contributed by atoms with Gasteiger partial charge in [0.05, 0.1) is 12.3 Å². The molecule has 0 aromatic heterocycles. The van der Waals surface area contributed by atoms with Crippen molar-refractivity contribution >= 4 is 28.9 Å². The third-order valence-electron chi connectivity index (χ3n) is 2.47. The second-order valence-electron chi connectivity index (χ2n) is 3.64. The maximum atomic E-state index is 11.8. The number of anilines is 1. The zero-order valence-electron chi connectivity index (χ0n) is 9.60. The van der Waals surface area contributed by atoms with E-state index in [1.807, 2.05) is 31.2 Å². The van der Waals surface area contributed by atoms with E-state index in [0.29, 0.717) is 24.7 Å². The lowest BCUT2D eigenvalue weighted by Crippen LogP contribution is -2.49. The Morgan fingerprint density at radius 1 is 1.41 bits per heavy atom. The first-order valence-corrected chi connectivity index (χ1v) is 5.97. The highest BCUT2D eigenvalue weighted by atomic mass is 32.1. The lowest BCUT2D eigenvalue weighted by Gasteiger charge is -2.28. The van der Waals surface area contributed by atoms with Crippen molar-refractivity contribution in [2.45, 2.75) is 13.3 Å². The van der Waals surface area contributed by atoms with E-state index in [4.69, 9.17) is 17.0 Å². The molecular weight excluding hydrogens is 236 g/mol. The Kier molecular flexibility index (Phi) is 3.58. The van der Waals surface area contributed by atoms with Crippen molar-refractivity contribution in [2.75, 3.05) is 18.1 Å². The Morgan fingerprint density at radius 3 is 2.71 bits per heavy atom. The number of nitrogens with one attached hydrogen (secondary N) is 1. The van der Waals surface area contributed by atoms with Gasteiger partial charge in [-0.2, -0.15) is 0 Å². The highest BCUT2D eigenvalue weighted by Crippen LogP contribution is 2.21. The maximum Gasteiger partial charge on any atom is 0.235 e. The molecule has 1 saturated heterocycles. The van der Waals surface area contributed by atoms with Crippen molar-refractivity contribution in [2.24, 2.45) is 0 Å². The summed E-state index contributed by atoms with van der Waals surface area (Å²) in [5.41, 5.74) is 0.774. The average Bonchev–Trinajstić information content (AvgIpc) is 2.31. The highest BCUT2D eigenvalue weighted by Gasteiger charge is 2.23. The van der Waals surface area contributed by atoms with Crippen LogP contribution < -0.4 is 15.0 Å². The molecule has 0 atom stereocenters. The van der Waals surface area contributed by atoms with Crippen molar-refractivity contribution < 1.29 is 9.53 Å². The molecule has 1 aliphatic heterocycles. The maximum absolute atomic E-state index is 11.8. The summed E-state index contributed by atoms with van der Waals surface area (Å²) in [4.78, 5) is 13.3. The van der Waals surface area contributed by atoms with Crippen LogP contribution in [0.4, 0.5) is 5.69 Å². The Labute approximate surface area is 106 Å². The highest BCUT2D eigenvalue weighted by molar-refractivity contribution is 7.80. The molecule has 1 amide bonds. The summed E-state index contributed by atoms with van der Waals surface area (Å²) < 4.78 is 5.35. The van der Waals surface area contributed by atoms with Crippen LogP contribution in [0.2, 0.25) is 0 Å². The Balaban J connectivity index is 2.20. The molecule has 0 radical (unpaired) electrons. The van der Waals surface area contributed by atoms with Gasteiger partial charge in [0.2, 0.25) is 5.91 Å². The molecule has 1 aliphatic rings. The molecule has 1 N–H and O–H groups in total. The van der Waals surface area contributed by atoms with Gasteiger partial charge in [-0.1, -0.05) is 0 Å². The van der Waals surface area contributed by atoms with E-state index in [1.165, 1.54) is 4.90 Å². The van der Waals surface area contributed by atoms with Crippen LogP contribution in [0.3, 0.4) is 0 Å². The number of amides is 1. The van der Waals surface area contributed by atoms with Crippen LogP contribution in [-0.4, -0.2) is 24.2 Å². The van der Waals surface area contributed by atoms with Crippen LogP contribution in [0.25, 0.3) is 0 Å². The lowest BCUT2D eigenvalue weighted by atomic mass is 10.2. The summed E-state index contributed by atoms with van der Waals surface area (Å²) >= 11 is 5.13. The second kappa shape index (κ2) is 5.14. The minimum absolute atomic E-state index is 0.0258. The van der Waals surface area contributed by atoms with Gasteiger partial charge in [0.1, 0.15) is 5.75 Å². The van der Waals surface area contributed by atoms with Crippen molar-refractivity contribution in [3.8, 4) is 5.75 Å². The second-order valence-corrected chi connectivity index (χ2v) is 4.02. The molecule has 0 aliphatic carbocycles. The predicted molar refractivity (Wildman–Crippen MR) is 70.3 cm³/mol. The fourth-order valence-corrected chi connectivity index (χ4v) is 2.01. The third kappa shape index (κ3) is 2.55. The SMILES string of the molecule is CCOc1ccc(N2C(=O)CCNC2=S)cc1. The van der Waals surface area contributed by atoms with Gasteiger partial charge < -0.3 is 10.1 Å². The lowest BCUT2D eigenvalue weighted by molar-refractivity contribution is -0.117. The number of thiocarbonyl (C=S) groups is 1. The average molecular weight is 250 g/mol. The zero-order valence-corrected chi connectivity index (χ0v) is 10.4. The van der Waals surface area contributed by atoms with E-state index in [0.717, 1.165) is 11.4 Å². The summed E-state index contributed by atoms with van der Waals surface area (Å²) in [6.45, 7) is 3.17. The van der Waals surface area contributed by atoms with Gasteiger partial charge in [-0.05, 0) is 43.4 Å². The molecule has 0 saturated carbocycles. The van der Waals surface area contributed by atoms with Crippen LogP contribution in [0.5, 0.6) is 5.75 Å². The smallest absolute Gasteiger partial charge is 0.235 e. The molecule has 17 heavy (non-hydrogen) atoms. The fourth-order valence-electron chi connectivity index (χ4n) is 1.70. The molecular formula is C12H14N2O2S. The Morgan fingerprint density at radius 2 is 2.12 bits per heavy atom. The molecule has 4 nitrogen and oxygen atoms in total. The number of nitrogens with zero attached hydrogens (tertiary/aromatic N) is 1. The van der Waals surface area contributed by atoms with E-state index in [2.05, 4.69) is 5.32 Å². The van der Waals surface area contributed by atoms with Gasteiger partial charge in [0, 0.05) is 13.0 Å². The van der Waals surface area contributed by atoms with E-state index in [1.54, 1.807) is 0 Å². The number of rotatable bonds is 3. The first-order chi connectivity index (χ1) is 8.22. The molecule has 90 valence electrons. The van der Waals surface area contributed by atoms with Crippen molar-refractivity contribution in [1.29, 1.82) is 0 Å². The molecule has 2 rings (SSSR count). The fraction of sp³-hybridized carbons (Fsp3) is 0.333. The van der Waals surface area contributed by atoms with Gasteiger partial charge in [0.15, 0.2) is 5.11 Å². The van der Waals surface area contributed by atoms with Crippen molar-refractivity contribution in [3.63, 3.8) is 0 Å². The Bertz CT molecular complexity index is 415. The minimum Gasteiger partial charge on any atom is -0.494 e. The van der Waals surface area contributed by atoms with Crippen LogP contribution in [0.15, 0.2) is 24.3 Å². The summed E-state index contributed by atoms with van der Waals surface area (Å²) in [7, 11) is 0. The summed E-state index contributed by atoms with van der Waals surface area (Å²) in [6.07, 6.45) is 0.466. The quantitative estimate of drug-likeness (QED) is 0.829. The summed E-state index contributed by atoms with van der Waals surface area (Å²) in [5.74, 6) is 0.817. The predicted octanol–water partition coefficient (Wildman–Crippen LogP) is 1.70. The number of carbonyl (C=O) groups is 1. The van der Waals surface area contributed by atoms with E-state index < -0.39 is 0 Å². The monoisotopic (exact) mass is 250 g/mol. The topological polar surface area (TPSA) is 41.6 Å². The van der Waals surface area contributed by atoms with Crippen LogP contribution in [0, 0.1) is 0 Å². The summed E-state index contributed by atoms with van der Waals surface area (Å²) in [5, 5.41) is 3.47. The molecule has 1 heterocycles. The number of hydrogen-bond donors (Lipinski definition) is 1. The van der Waals surface area contributed by atoms with Crippen LogP contribution in [-0.2, 0) is 4.79 Å². The molecule has 1 aromatic carbocycles. The number of carbonyl (C=O) groups excluding carboxylic acids is 1. The Hall–Kier alpha value is -1.62. The normalized spacial score (nSPS) is 15.7. The van der Waals surface area contributed by atoms with Crippen LogP contribution in [0.1, 0.15) is 13.3 Å². The first-order valence-electron chi connectivity index (χ1n) is 5.56. The van der Waals surface area contributed by atoms with E-state index in [9.17, 15) is 4.79 Å². The summed E-state index contributed by atoms with van der Waals surface area (Å²) in [6, 6.07) is 7.34.